The summed E-state index contributed by atoms with van der Waals surface area (Å²) in [5.41, 5.74) is 4.09. The number of carbonyl (C=O) groups excluding carboxylic acids is 2. The molecule has 2 heterocycles. The van der Waals surface area contributed by atoms with Crippen molar-refractivity contribution in [2.24, 2.45) is 0 Å². The van der Waals surface area contributed by atoms with Crippen LogP contribution in [-0.2, 0) is 4.79 Å². The predicted molar refractivity (Wildman–Crippen MR) is 117 cm³/mol. The van der Waals surface area contributed by atoms with Crippen molar-refractivity contribution in [1.82, 2.24) is 10.3 Å². The van der Waals surface area contributed by atoms with Crippen molar-refractivity contribution in [1.29, 1.82) is 0 Å². The first kappa shape index (κ1) is 19.6. The molecule has 0 aliphatic rings. The van der Waals surface area contributed by atoms with Crippen LogP contribution < -0.4 is 10.6 Å². The number of aromatic nitrogens is 1. The van der Waals surface area contributed by atoms with E-state index in [1.54, 1.807) is 12.1 Å². The first-order valence-electron chi connectivity index (χ1n) is 9.42. The Morgan fingerprint density at radius 2 is 1.63 bits per heavy atom. The number of anilines is 1. The quantitative estimate of drug-likeness (QED) is 0.451. The summed E-state index contributed by atoms with van der Waals surface area (Å²) in [7, 11) is 0. The number of amides is 2. The summed E-state index contributed by atoms with van der Waals surface area (Å²) in [6, 6.07) is 21.5. The molecule has 4 rings (SSSR count). The van der Waals surface area contributed by atoms with Gasteiger partial charge in [-0.2, -0.15) is 0 Å². The fourth-order valence-corrected chi connectivity index (χ4v) is 3.63. The van der Waals surface area contributed by atoms with Gasteiger partial charge in [0.05, 0.1) is 12.0 Å². The Bertz CT molecular complexity index is 1120. The maximum atomic E-state index is 12.1. The van der Waals surface area contributed by atoms with Crippen LogP contribution in [0.3, 0.4) is 0 Å². The Balaban J connectivity index is 1.30. The molecule has 0 atom stereocenters. The Morgan fingerprint density at radius 3 is 2.37 bits per heavy atom. The molecule has 0 saturated heterocycles. The third-order valence-corrected chi connectivity index (χ3v) is 5.18. The monoisotopic (exact) mass is 417 g/mol. The van der Waals surface area contributed by atoms with Gasteiger partial charge < -0.3 is 15.1 Å². The molecule has 2 aromatic heterocycles. The zero-order chi connectivity index (χ0) is 20.8. The van der Waals surface area contributed by atoms with E-state index in [-0.39, 0.29) is 30.5 Å². The number of thiazole rings is 1. The molecule has 0 fully saturated rings. The third kappa shape index (κ3) is 4.82. The van der Waals surface area contributed by atoms with Crippen LogP contribution in [0.25, 0.3) is 22.4 Å². The van der Waals surface area contributed by atoms with Gasteiger partial charge in [-0.3, -0.25) is 9.59 Å². The standard InChI is InChI=1S/C23H19N3O3S/c27-21(12-13-24-22(28)20-7-4-14-29-20)26-23-25-19(15-30-23)18-10-8-17(9-11-18)16-5-2-1-3-6-16/h1-11,14-15H,12-13H2,(H,24,28)(H,25,26,27). The number of nitrogens with one attached hydrogen (secondary N) is 2. The SMILES string of the molecule is O=C(CCNC(=O)c1ccco1)Nc1nc(-c2ccc(-c3ccccc3)cc2)cs1. The molecule has 2 aromatic carbocycles. The van der Waals surface area contributed by atoms with Crippen LogP contribution in [0.4, 0.5) is 5.13 Å². The number of rotatable bonds is 7. The van der Waals surface area contributed by atoms with Crippen molar-refractivity contribution in [3.63, 3.8) is 0 Å². The molecular weight excluding hydrogens is 398 g/mol. The molecule has 0 radical (unpaired) electrons. The molecule has 0 saturated carbocycles. The Labute approximate surface area is 177 Å². The van der Waals surface area contributed by atoms with E-state index in [1.165, 1.54) is 17.6 Å². The largest absolute Gasteiger partial charge is 0.459 e. The zero-order valence-electron chi connectivity index (χ0n) is 16.0. The second-order valence-corrected chi connectivity index (χ2v) is 7.37. The lowest BCUT2D eigenvalue weighted by Gasteiger charge is -2.04. The van der Waals surface area contributed by atoms with Gasteiger partial charge in [0.15, 0.2) is 10.9 Å². The third-order valence-electron chi connectivity index (χ3n) is 4.42. The van der Waals surface area contributed by atoms with Crippen molar-refractivity contribution in [2.45, 2.75) is 6.42 Å². The van der Waals surface area contributed by atoms with Crippen molar-refractivity contribution in [3.05, 3.63) is 84.1 Å². The summed E-state index contributed by atoms with van der Waals surface area (Å²) in [6.07, 6.45) is 1.57. The fraction of sp³-hybridized carbons (Fsp3) is 0.0870. The van der Waals surface area contributed by atoms with Gasteiger partial charge in [-0.1, -0.05) is 54.6 Å². The highest BCUT2D eigenvalue weighted by molar-refractivity contribution is 7.14. The smallest absolute Gasteiger partial charge is 0.286 e. The van der Waals surface area contributed by atoms with E-state index in [4.69, 9.17) is 4.42 Å². The van der Waals surface area contributed by atoms with Gasteiger partial charge in [-0.05, 0) is 23.3 Å². The fourth-order valence-electron chi connectivity index (χ4n) is 2.89. The van der Waals surface area contributed by atoms with Gasteiger partial charge in [0.25, 0.3) is 5.91 Å². The number of hydrogen-bond acceptors (Lipinski definition) is 5. The molecule has 0 spiro atoms. The van der Waals surface area contributed by atoms with E-state index in [9.17, 15) is 9.59 Å². The van der Waals surface area contributed by atoms with Crippen LogP contribution in [0.5, 0.6) is 0 Å². The van der Waals surface area contributed by atoms with Gasteiger partial charge in [0.2, 0.25) is 5.91 Å². The molecule has 150 valence electrons. The van der Waals surface area contributed by atoms with Gasteiger partial charge in [0, 0.05) is 23.9 Å². The number of nitrogens with zero attached hydrogens (tertiary/aromatic N) is 1. The Morgan fingerprint density at radius 1 is 0.900 bits per heavy atom. The maximum absolute atomic E-state index is 12.1. The lowest BCUT2D eigenvalue weighted by Crippen LogP contribution is -2.27. The first-order valence-corrected chi connectivity index (χ1v) is 10.3. The average Bonchev–Trinajstić information content (AvgIpc) is 3.47. The van der Waals surface area contributed by atoms with Crippen molar-refractivity contribution < 1.29 is 14.0 Å². The van der Waals surface area contributed by atoms with E-state index >= 15 is 0 Å². The van der Waals surface area contributed by atoms with Crippen LogP contribution in [0.15, 0.2) is 82.8 Å². The minimum atomic E-state index is -0.344. The highest BCUT2D eigenvalue weighted by Gasteiger charge is 2.11. The number of hydrogen-bond donors (Lipinski definition) is 2. The van der Waals surface area contributed by atoms with E-state index in [0.717, 1.165) is 22.4 Å². The molecular formula is C23H19N3O3S. The highest BCUT2D eigenvalue weighted by Crippen LogP contribution is 2.27. The molecule has 2 N–H and O–H groups in total. The summed E-state index contributed by atoms with van der Waals surface area (Å²) in [5, 5.41) is 7.85. The Kier molecular flexibility index (Phi) is 6.01. The highest BCUT2D eigenvalue weighted by atomic mass is 32.1. The molecule has 0 aliphatic carbocycles. The van der Waals surface area contributed by atoms with Crippen LogP contribution in [0.2, 0.25) is 0 Å². The van der Waals surface area contributed by atoms with Crippen molar-refractivity contribution in [2.75, 3.05) is 11.9 Å². The normalized spacial score (nSPS) is 10.5. The molecule has 6 nitrogen and oxygen atoms in total. The van der Waals surface area contributed by atoms with E-state index in [2.05, 4.69) is 39.9 Å². The van der Waals surface area contributed by atoms with Crippen LogP contribution >= 0.6 is 11.3 Å². The molecule has 2 amide bonds. The van der Waals surface area contributed by atoms with Crippen LogP contribution in [0.1, 0.15) is 17.0 Å². The first-order chi connectivity index (χ1) is 14.7. The van der Waals surface area contributed by atoms with E-state index in [0.29, 0.717) is 5.13 Å². The second-order valence-electron chi connectivity index (χ2n) is 6.51. The second kappa shape index (κ2) is 9.19. The van der Waals surface area contributed by atoms with E-state index < -0.39 is 0 Å². The molecule has 0 bridgehead atoms. The molecule has 7 heteroatoms. The lowest BCUT2D eigenvalue weighted by atomic mass is 10.0. The minimum absolute atomic E-state index is 0.146. The molecule has 4 aromatic rings. The maximum Gasteiger partial charge on any atom is 0.286 e. The average molecular weight is 417 g/mol. The summed E-state index contributed by atoms with van der Waals surface area (Å²) < 4.78 is 5.00. The lowest BCUT2D eigenvalue weighted by molar-refractivity contribution is -0.116. The van der Waals surface area contributed by atoms with Gasteiger partial charge in [-0.15, -0.1) is 11.3 Å². The van der Waals surface area contributed by atoms with Gasteiger partial charge in [-0.25, -0.2) is 4.98 Å². The number of carbonyl (C=O) groups is 2. The van der Waals surface area contributed by atoms with Gasteiger partial charge >= 0.3 is 0 Å². The van der Waals surface area contributed by atoms with Crippen LogP contribution in [-0.4, -0.2) is 23.3 Å². The molecule has 30 heavy (non-hydrogen) atoms. The topological polar surface area (TPSA) is 84.2 Å². The van der Waals surface area contributed by atoms with Crippen molar-refractivity contribution in [3.8, 4) is 22.4 Å². The van der Waals surface area contributed by atoms with Crippen molar-refractivity contribution >= 4 is 28.3 Å². The number of furan rings is 1. The molecule has 0 unspecified atom stereocenters. The summed E-state index contributed by atoms with van der Waals surface area (Å²) in [6.45, 7) is 0.213. The summed E-state index contributed by atoms with van der Waals surface area (Å²) in [4.78, 5) is 28.4. The zero-order valence-corrected chi connectivity index (χ0v) is 16.8. The van der Waals surface area contributed by atoms with Gasteiger partial charge in [0.1, 0.15) is 0 Å². The van der Waals surface area contributed by atoms with E-state index in [1.807, 2.05) is 35.7 Å². The number of benzene rings is 2. The minimum Gasteiger partial charge on any atom is -0.459 e. The Hall–Kier alpha value is -3.71. The summed E-state index contributed by atoms with van der Waals surface area (Å²) >= 11 is 1.37. The molecule has 0 aliphatic heterocycles. The predicted octanol–water partition coefficient (Wildman–Crippen LogP) is 4.83. The summed E-state index contributed by atoms with van der Waals surface area (Å²) in [5.74, 6) is -0.336. The van der Waals surface area contributed by atoms with Crippen LogP contribution in [0, 0.1) is 0 Å².